The van der Waals surface area contributed by atoms with Crippen molar-refractivity contribution >= 4 is 0 Å². The maximum Gasteiger partial charge on any atom is 0.174 e. The molecule has 20 heavy (non-hydrogen) atoms. The topological polar surface area (TPSA) is 45.0 Å². The predicted molar refractivity (Wildman–Crippen MR) is 80.4 cm³/mol. The van der Waals surface area contributed by atoms with Gasteiger partial charge in [-0.15, -0.1) is 0 Å². The molecule has 3 heteroatoms. The smallest absolute Gasteiger partial charge is 0.174 e. The summed E-state index contributed by atoms with van der Waals surface area (Å²) in [5, 5.41) is 12.1. The highest BCUT2D eigenvalue weighted by Gasteiger charge is 2.19. The Morgan fingerprint density at radius 1 is 1.25 bits per heavy atom. The van der Waals surface area contributed by atoms with Gasteiger partial charge in [0, 0.05) is 12.6 Å². The molecule has 1 saturated carbocycles. The van der Waals surface area contributed by atoms with Crippen LogP contribution in [0.25, 0.3) is 0 Å². The molecule has 2 rings (SSSR count). The molecule has 1 aliphatic carbocycles. The summed E-state index contributed by atoms with van der Waals surface area (Å²) in [6, 6.07) is 10.5. The Balaban J connectivity index is 1.77. The summed E-state index contributed by atoms with van der Waals surface area (Å²) in [5.74, 6) is 1.60. The number of nitriles is 1. The van der Waals surface area contributed by atoms with Crippen molar-refractivity contribution in [3.63, 3.8) is 0 Å². The van der Waals surface area contributed by atoms with Gasteiger partial charge in [0.05, 0.1) is 0 Å². The van der Waals surface area contributed by atoms with Gasteiger partial charge in [0.15, 0.2) is 6.61 Å². The van der Waals surface area contributed by atoms with Crippen molar-refractivity contribution in [1.82, 2.24) is 5.32 Å². The highest BCUT2D eigenvalue weighted by Crippen LogP contribution is 2.26. The van der Waals surface area contributed by atoms with Gasteiger partial charge < -0.3 is 10.1 Å². The molecule has 0 unspecified atom stereocenters. The molecular formula is C17H24N2O. The molecule has 1 aromatic rings. The molecule has 0 spiro atoms. The molecule has 0 aromatic heterocycles. The van der Waals surface area contributed by atoms with Crippen molar-refractivity contribution in [3.8, 4) is 11.8 Å². The van der Waals surface area contributed by atoms with E-state index in [0.29, 0.717) is 6.04 Å². The van der Waals surface area contributed by atoms with Crippen molar-refractivity contribution in [3.05, 3.63) is 29.8 Å². The standard InChI is InChI=1S/C17H24N2O/c1-14(16-5-3-2-4-6-16)19-13-15-7-9-17(10-8-15)20-12-11-18/h7-10,14,16,19H,2-6,12-13H2,1H3/t14-/m1/s1. The summed E-state index contributed by atoms with van der Waals surface area (Å²) < 4.78 is 5.25. The van der Waals surface area contributed by atoms with Gasteiger partial charge in [0.25, 0.3) is 0 Å². The molecule has 0 radical (unpaired) electrons. The zero-order valence-electron chi connectivity index (χ0n) is 12.3. The van der Waals surface area contributed by atoms with E-state index in [1.165, 1.54) is 37.7 Å². The second-order valence-corrected chi connectivity index (χ2v) is 5.66. The molecule has 1 atom stereocenters. The van der Waals surface area contributed by atoms with E-state index in [-0.39, 0.29) is 6.61 Å². The first kappa shape index (κ1) is 14.9. The van der Waals surface area contributed by atoms with Crippen LogP contribution in [0.4, 0.5) is 0 Å². The average Bonchev–Trinajstić information content (AvgIpc) is 2.52. The first-order valence-corrected chi connectivity index (χ1v) is 7.61. The zero-order chi connectivity index (χ0) is 14.2. The number of nitrogens with zero attached hydrogens (tertiary/aromatic N) is 1. The molecule has 1 aromatic carbocycles. The van der Waals surface area contributed by atoms with E-state index in [1.807, 2.05) is 18.2 Å². The SMILES string of the molecule is C[C@@H](NCc1ccc(OCC#N)cc1)C1CCCCC1. The second kappa shape index (κ2) is 7.91. The predicted octanol–water partition coefficient (Wildman–Crippen LogP) is 3.65. The summed E-state index contributed by atoms with van der Waals surface area (Å²) >= 11 is 0. The Morgan fingerprint density at radius 2 is 1.95 bits per heavy atom. The van der Waals surface area contributed by atoms with Crippen LogP contribution in [-0.4, -0.2) is 12.6 Å². The van der Waals surface area contributed by atoms with Gasteiger partial charge in [0.2, 0.25) is 0 Å². The molecule has 1 aliphatic rings. The molecule has 3 nitrogen and oxygen atoms in total. The first-order valence-electron chi connectivity index (χ1n) is 7.61. The molecule has 108 valence electrons. The van der Waals surface area contributed by atoms with Crippen LogP contribution in [0.5, 0.6) is 5.75 Å². The number of rotatable bonds is 6. The minimum Gasteiger partial charge on any atom is -0.479 e. The van der Waals surface area contributed by atoms with Gasteiger partial charge in [-0.2, -0.15) is 5.26 Å². The van der Waals surface area contributed by atoms with Crippen LogP contribution in [0.1, 0.15) is 44.6 Å². The van der Waals surface area contributed by atoms with Crippen LogP contribution in [0.15, 0.2) is 24.3 Å². The van der Waals surface area contributed by atoms with E-state index in [0.717, 1.165) is 18.2 Å². The Morgan fingerprint density at radius 3 is 2.60 bits per heavy atom. The minimum absolute atomic E-state index is 0.107. The van der Waals surface area contributed by atoms with E-state index in [4.69, 9.17) is 10.00 Å². The van der Waals surface area contributed by atoms with Crippen LogP contribution in [0.3, 0.4) is 0 Å². The maximum absolute atomic E-state index is 8.47. The summed E-state index contributed by atoms with van der Waals surface area (Å²) in [7, 11) is 0. The van der Waals surface area contributed by atoms with Crippen LogP contribution >= 0.6 is 0 Å². The van der Waals surface area contributed by atoms with Crippen molar-refractivity contribution in [1.29, 1.82) is 5.26 Å². The second-order valence-electron chi connectivity index (χ2n) is 5.66. The number of ether oxygens (including phenoxy) is 1. The normalized spacial score (nSPS) is 17.4. The molecule has 0 saturated heterocycles. The Labute approximate surface area is 121 Å². The van der Waals surface area contributed by atoms with Crippen LogP contribution in [0, 0.1) is 17.2 Å². The number of hydrogen-bond donors (Lipinski definition) is 1. The third-order valence-electron chi connectivity index (χ3n) is 4.21. The number of benzene rings is 1. The fourth-order valence-electron chi connectivity index (χ4n) is 2.90. The number of nitrogens with one attached hydrogen (secondary N) is 1. The van der Waals surface area contributed by atoms with Crippen LogP contribution in [-0.2, 0) is 6.54 Å². The fourth-order valence-corrected chi connectivity index (χ4v) is 2.90. The average molecular weight is 272 g/mol. The first-order chi connectivity index (χ1) is 9.79. The summed E-state index contributed by atoms with van der Waals surface area (Å²) in [4.78, 5) is 0. The summed E-state index contributed by atoms with van der Waals surface area (Å²) in [6.07, 6.45) is 6.93. The Kier molecular flexibility index (Phi) is 5.88. The van der Waals surface area contributed by atoms with Gasteiger partial charge in [-0.1, -0.05) is 31.4 Å². The summed E-state index contributed by atoms with van der Waals surface area (Å²) in [5.41, 5.74) is 1.26. The van der Waals surface area contributed by atoms with E-state index in [2.05, 4.69) is 24.4 Å². The van der Waals surface area contributed by atoms with Gasteiger partial charge >= 0.3 is 0 Å². The van der Waals surface area contributed by atoms with E-state index >= 15 is 0 Å². The van der Waals surface area contributed by atoms with Gasteiger partial charge in [0.1, 0.15) is 11.8 Å². The lowest BCUT2D eigenvalue weighted by Crippen LogP contribution is -2.34. The van der Waals surface area contributed by atoms with E-state index < -0.39 is 0 Å². The molecule has 0 bridgehead atoms. The van der Waals surface area contributed by atoms with Crippen LogP contribution in [0.2, 0.25) is 0 Å². The lowest BCUT2D eigenvalue weighted by Gasteiger charge is -2.28. The largest absolute Gasteiger partial charge is 0.479 e. The lowest BCUT2D eigenvalue weighted by molar-refractivity contribution is 0.280. The highest BCUT2D eigenvalue weighted by molar-refractivity contribution is 5.27. The molecule has 1 fully saturated rings. The zero-order valence-corrected chi connectivity index (χ0v) is 12.3. The lowest BCUT2D eigenvalue weighted by atomic mass is 9.84. The van der Waals surface area contributed by atoms with E-state index in [9.17, 15) is 0 Å². The molecule has 1 N–H and O–H groups in total. The van der Waals surface area contributed by atoms with Crippen molar-refractivity contribution in [2.75, 3.05) is 6.61 Å². The third-order valence-corrected chi connectivity index (χ3v) is 4.21. The Hall–Kier alpha value is -1.53. The molecule has 0 heterocycles. The van der Waals surface area contributed by atoms with Gasteiger partial charge in [-0.05, 0) is 43.4 Å². The van der Waals surface area contributed by atoms with Crippen molar-refractivity contribution in [2.45, 2.75) is 51.6 Å². The molecule has 0 amide bonds. The van der Waals surface area contributed by atoms with Crippen molar-refractivity contribution < 1.29 is 4.74 Å². The minimum atomic E-state index is 0.107. The maximum atomic E-state index is 8.47. The molecule has 0 aliphatic heterocycles. The van der Waals surface area contributed by atoms with Crippen molar-refractivity contribution in [2.24, 2.45) is 5.92 Å². The Bertz CT molecular complexity index is 429. The highest BCUT2D eigenvalue weighted by atomic mass is 16.5. The van der Waals surface area contributed by atoms with Gasteiger partial charge in [-0.3, -0.25) is 0 Å². The molecular weight excluding hydrogens is 248 g/mol. The van der Waals surface area contributed by atoms with Gasteiger partial charge in [-0.25, -0.2) is 0 Å². The number of hydrogen-bond acceptors (Lipinski definition) is 3. The van der Waals surface area contributed by atoms with E-state index in [1.54, 1.807) is 0 Å². The summed E-state index contributed by atoms with van der Waals surface area (Å²) in [6.45, 7) is 3.31. The fraction of sp³-hybridized carbons (Fsp3) is 0.588. The quantitative estimate of drug-likeness (QED) is 0.859. The van der Waals surface area contributed by atoms with Crippen LogP contribution < -0.4 is 10.1 Å². The monoisotopic (exact) mass is 272 g/mol. The third kappa shape index (κ3) is 4.54.